The molecule has 0 aliphatic rings. The fourth-order valence-corrected chi connectivity index (χ4v) is 1.86. The SMILES string of the molecule is CC(CCl)(Nc1cccnn1)c1ccccc1. The van der Waals surface area contributed by atoms with Crippen LogP contribution in [-0.4, -0.2) is 16.1 Å². The number of hydrogen-bond acceptors (Lipinski definition) is 3. The Labute approximate surface area is 106 Å². The Kier molecular flexibility index (Phi) is 3.59. The van der Waals surface area contributed by atoms with Gasteiger partial charge in [0.15, 0.2) is 0 Å². The molecule has 0 saturated carbocycles. The van der Waals surface area contributed by atoms with Crippen molar-refractivity contribution in [2.45, 2.75) is 12.5 Å². The molecule has 3 nitrogen and oxygen atoms in total. The van der Waals surface area contributed by atoms with Crippen molar-refractivity contribution in [1.82, 2.24) is 10.2 Å². The molecule has 1 atom stereocenters. The first kappa shape index (κ1) is 11.9. The second kappa shape index (κ2) is 5.15. The molecule has 0 radical (unpaired) electrons. The minimum Gasteiger partial charge on any atom is -0.358 e. The zero-order chi connectivity index (χ0) is 12.1. The molecule has 0 aliphatic carbocycles. The van der Waals surface area contributed by atoms with E-state index in [2.05, 4.69) is 15.5 Å². The van der Waals surface area contributed by atoms with Crippen molar-refractivity contribution >= 4 is 17.4 Å². The van der Waals surface area contributed by atoms with E-state index in [1.54, 1.807) is 6.20 Å². The fourth-order valence-electron chi connectivity index (χ4n) is 1.64. The number of alkyl halides is 1. The number of nitrogens with one attached hydrogen (secondary N) is 1. The van der Waals surface area contributed by atoms with Crippen LogP contribution in [0.15, 0.2) is 48.7 Å². The van der Waals surface area contributed by atoms with E-state index in [-0.39, 0.29) is 5.54 Å². The lowest BCUT2D eigenvalue weighted by molar-refractivity contribution is 0.611. The minimum absolute atomic E-state index is 0.348. The normalized spacial score (nSPS) is 14.0. The molecule has 0 bridgehead atoms. The van der Waals surface area contributed by atoms with Crippen molar-refractivity contribution in [3.05, 3.63) is 54.2 Å². The molecule has 0 spiro atoms. The van der Waals surface area contributed by atoms with Gasteiger partial charge in [0.2, 0.25) is 0 Å². The van der Waals surface area contributed by atoms with E-state index in [0.717, 1.165) is 11.4 Å². The van der Waals surface area contributed by atoms with E-state index in [1.807, 2.05) is 49.4 Å². The monoisotopic (exact) mass is 247 g/mol. The van der Waals surface area contributed by atoms with Crippen molar-refractivity contribution < 1.29 is 0 Å². The van der Waals surface area contributed by atoms with Crippen LogP contribution < -0.4 is 5.32 Å². The lowest BCUT2D eigenvalue weighted by Gasteiger charge is -2.29. The number of hydrogen-bond donors (Lipinski definition) is 1. The lowest BCUT2D eigenvalue weighted by Crippen LogP contribution is -2.34. The molecule has 2 rings (SSSR count). The van der Waals surface area contributed by atoms with Gasteiger partial charge in [-0.3, -0.25) is 0 Å². The average Bonchev–Trinajstić information content (AvgIpc) is 2.41. The Hall–Kier alpha value is -1.61. The third-order valence-electron chi connectivity index (χ3n) is 2.65. The summed E-state index contributed by atoms with van der Waals surface area (Å²) in [6.45, 7) is 2.05. The van der Waals surface area contributed by atoms with Gasteiger partial charge in [-0.1, -0.05) is 30.3 Å². The molecule has 17 heavy (non-hydrogen) atoms. The van der Waals surface area contributed by atoms with Gasteiger partial charge in [0.1, 0.15) is 5.82 Å². The van der Waals surface area contributed by atoms with Crippen molar-refractivity contribution in [3.63, 3.8) is 0 Å². The second-order valence-electron chi connectivity index (χ2n) is 4.07. The molecule has 88 valence electrons. The van der Waals surface area contributed by atoms with E-state index in [1.165, 1.54) is 0 Å². The third kappa shape index (κ3) is 2.74. The van der Waals surface area contributed by atoms with E-state index >= 15 is 0 Å². The second-order valence-corrected chi connectivity index (χ2v) is 4.33. The summed E-state index contributed by atoms with van der Waals surface area (Å²) in [5.74, 6) is 1.17. The molecule has 1 unspecified atom stereocenters. The summed E-state index contributed by atoms with van der Waals surface area (Å²) in [5.41, 5.74) is 0.777. The molecule has 0 saturated heterocycles. The predicted octanol–water partition coefficient (Wildman–Crippen LogP) is 3.04. The van der Waals surface area contributed by atoms with Gasteiger partial charge in [0.25, 0.3) is 0 Å². The fraction of sp³-hybridized carbons (Fsp3) is 0.231. The van der Waals surface area contributed by atoms with Gasteiger partial charge in [0.05, 0.1) is 5.54 Å². The molecule has 0 amide bonds. The predicted molar refractivity (Wildman–Crippen MR) is 70.2 cm³/mol. The molecule has 1 N–H and O–H groups in total. The number of nitrogens with zero attached hydrogens (tertiary/aromatic N) is 2. The van der Waals surface area contributed by atoms with Gasteiger partial charge in [0, 0.05) is 12.1 Å². The van der Waals surface area contributed by atoms with Gasteiger partial charge in [-0.05, 0) is 24.6 Å². The van der Waals surface area contributed by atoms with Crippen LogP contribution in [0.5, 0.6) is 0 Å². The first-order valence-corrected chi connectivity index (χ1v) is 5.95. The maximum Gasteiger partial charge on any atom is 0.149 e. The molecule has 1 heterocycles. The van der Waals surface area contributed by atoms with E-state index in [9.17, 15) is 0 Å². The zero-order valence-corrected chi connectivity index (χ0v) is 10.4. The third-order valence-corrected chi connectivity index (χ3v) is 3.19. The Morgan fingerprint density at radius 1 is 1.18 bits per heavy atom. The highest BCUT2D eigenvalue weighted by Crippen LogP contribution is 2.26. The highest BCUT2D eigenvalue weighted by atomic mass is 35.5. The number of anilines is 1. The van der Waals surface area contributed by atoms with Gasteiger partial charge in [-0.15, -0.1) is 16.7 Å². The van der Waals surface area contributed by atoms with Crippen LogP contribution in [0, 0.1) is 0 Å². The topological polar surface area (TPSA) is 37.8 Å². The Morgan fingerprint density at radius 3 is 2.53 bits per heavy atom. The van der Waals surface area contributed by atoms with E-state index in [0.29, 0.717) is 5.88 Å². The standard InChI is InChI=1S/C13H14ClN3/c1-13(10-14,11-6-3-2-4-7-11)16-12-8-5-9-15-17-12/h2-9H,10H2,1H3,(H,16,17). The van der Waals surface area contributed by atoms with Crippen molar-refractivity contribution in [2.75, 3.05) is 11.2 Å². The minimum atomic E-state index is -0.348. The molecule has 4 heteroatoms. The lowest BCUT2D eigenvalue weighted by atomic mass is 9.94. The zero-order valence-electron chi connectivity index (χ0n) is 9.60. The first-order chi connectivity index (χ1) is 8.24. The van der Waals surface area contributed by atoms with Gasteiger partial charge < -0.3 is 5.32 Å². The number of halogens is 1. The van der Waals surface area contributed by atoms with Crippen molar-refractivity contribution in [1.29, 1.82) is 0 Å². The molecule has 1 aromatic carbocycles. The summed E-state index contributed by atoms with van der Waals surface area (Å²) in [6, 6.07) is 13.8. The van der Waals surface area contributed by atoms with Gasteiger partial charge in [-0.2, -0.15) is 5.10 Å². The Bertz CT molecular complexity index is 461. The smallest absolute Gasteiger partial charge is 0.149 e. The maximum absolute atomic E-state index is 6.08. The highest BCUT2D eigenvalue weighted by molar-refractivity contribution is 6.18. The van der Waals surface area contributed by atoms with Crippen LogP contribution in [0.25, 0.3) is 0 Å². The Morgan fingerprint density at radius 2 is 1.94 bits per heavy atom. The van der Waals surface area contributed by atoms with Crippen LogP contribution in [0.4, 0.5) is 5.82 Å². The molecule has 1 aromatic heterocycles. The molecular weight excluding hydrogens is 234 g/mol. The van der Waals surface area contributed by atoms with Crippen LogP contribution in [-0.2, 0) is 5.54 Å². The first-order valence-electron chi connectivity index (χ1n) is 5.42. The van der Waals surface area contributed by atoms with E-state index in [4.69, 9.17) is 11.6 Å². The van der Waals surface area contributed by atoms with E-state index < -0.39 is 0 Å². The van der Waals surface area contributed by atoms with Crippen LogP contribution in [0.1, 0.15) is 12.5 Å². The van der Waals surface area contributed by atoms with Crippen LogP contribution in [0.2, 0.25) is 0 Å². The number of aromatic nitrogens is 2. The van der Waals surface area contributed by atoms with Gasteiger partial charge >= 0.3 is 0 Å². The van der Waals surface area contributed by atoms with Crippen LogP contribution in [0.3, 0.4) is 0 Å². The largest absolute Gasteiger partial charge is 0.358 e. The quantitative estimate of drug-likeness (QED) is 0.844. The summed E-state index contributed by atoms with van der Waals surface area (Å²) in [6.07, 6.45) is 1.64. The summed E-state index contributed by atoms with van der Waals surface area (Å²) in [5, 5.41) is 11.2. The number of rotatable bonds is 4. The van der Waals surface area contributed by atoms with Gasteiger partial charge in [-0.25, -0.2) is 0 Å². The molecule has 0 fully saturated rings. The average molecular weight is 248 g/mol. The molecular formula is C13H14ClN3. The molecule has 0 aliphatic heterocycles. The number of benzene rings is 1. The maximum atomic E-state index is 6.08. The van der Waals surface area contributed by atoms with Crippen molar-refractivity contribution in [3.8, 4) is 0 Å². The summed E-state index contributed by atoms with van der Waals surface area (Å²) in [7, 11) is 0. The summed E-state index contributed by atoms with van der Waals surface area (Å²) in [4.78, 5) is 0. The summed E-state index contributed by atoms with van der Waals surface area (Å²) < 4.78 is 0. The highest BCUT2D eigenvalue weighted by Gasteiger charge is 2.25. The van der Waals surface area contributed by atoms with Crippen LogP contribution >= 0.6 is 11.6 Å². The Balaban J connectivity index is 2.27. The molecule has 2 aromatic rings. The van der Waals surface area contributed by atoms with Crippen molar-refractivity contribution in [2.24, 2.45) is 0 Å². The summed E-state index contributed by atoms with van der Waals surface area (Å²) >= 11 is 6.08.